The van der Waals surface area contributed by atoms with Crippen molar-refractivity contribution in [3.05, 3.63) is 42.1 Å². The first-order valence-corrected chi connectivity index (χ1v) is 7.00. The molecule has 1 saturated heterocycles. The highest BCUT2D eigenvalue weighted by molar-refractivity contribution is 6.09. The largest absolute Gasteiger partial charge is 0.347 e. The molecule has 0 amide bonds. The molecule has 3 rings (SSSR count). The molecule has 2 atom stereocenters. The summed E-state index contributed by atoms with van der Waals surface area (Å²) in [6.45, 7) is 3.26. The van der Waals surface area contributed by atoms with E-state index in [1.165, 1.54) is 19.0 Å². The Balaban J connectivity index is 1.92. The number of rotatable bonds is 2. The van der Waals surface area contributed by atoms with Crippen molar-refractivity contribution < 1.29 is 4.39 Å². The van der Waals surface area contributed by atoms with Crippen LogP contribution in [0.4, 0.5) is 4.39 Å². The third kappa shape index (κ3) is 2.33. The van der Waals surface area contributed by atoms with Crippen LogP contribution in [0.1, 0.15) is 25.3 Å². The fraction of sp³-hybridized carbons (Fsp3) is 0.467. The number of nitrogens with zero attached hydrogens (tertiary/aromatic N) is 4. The predicted octanol–water partition coefficient (Wildman–Crippen LogP) is 2.24. The minimum atomic E-state index is -0.325. The van der Waals surface area contributed by atoms with E-state index in [0.29, 0.717) is 17.3 Å². The molecular formula is C15H19FN4. The Morgan fingerprint density at radius 1 is 1.40 bits per heavy atom. The topological polar surface area (TPSA) is 31.7 Å². The highest BCUT2D eigenvalue weighted by atomic mass is 19.1. The van der Waals surface area contributed by atoms with Gasteiger partial charge in [0, 0.05) is 37.6 Å². The number of pyridine rings is 1. The van der Waals surface area contributed by atoms with Crippen LogP contribution >= 0.6 is 0 Å². The van der Waals surface area contributed by atoms with Gasteiger partial charge in [-0.1, -0.05) is 0 Å². The summed E-state index contributed by atoms with van der Waals surface area (Å²) in [4.78, 5) is 13.0. The number of aliphatic imine (C=N–C) groups is 1. The van der Waals surface area contributed by atoms with Crippen molar-refractivity contribution in [3.63, 3.8) is 0 Å². The van der Waals surface area contributed by atoms with E-state index in [-0.39, 0.29) is 12.1 Å². The minimum Gasteiger partial charge on any atom is -0.347 e. The molecule has 2 aliphatic heterocycles. The van der Waals surface area contributed by atoms with Gasteiger partial charge >= 0.3 is 0 Å². The Bertz CT molecular complexity index is 555. The fourth-order valence-electron chi connectivity index (χ4n) is 2.87. The average molecular weight is 274 g/mol. The van der Waals surface area contributed by atoms with Crippen LogP contribution in [0.25, 0.3) is 0 Å². The summed E-state index contributed by atoms with van der Waals surface area (Å²) in [6, 6.07) is 2.19. The Morgan fingerprint density at radius 3 is 2.95 bits per heavy atom. The third-order valence-electron chi connectivity index (χ3n) is 4.04. The van der Waals surface area contributed by atoms with Crippen LogP contribution in [0.15, 0.2) is 35.7 Å². The SMILES string of the molecule is CC1CCCN1C1N=C(c2ccncc2F)C=CN1C. The zero-order valence-electron chi connectivity index (χ0n) is 11.8. The lowest BCUT2D eigenvalue weighted by atomic mass is 10.1. The number of hydrogen-bond donors (Lipinski definition) is 0. The summed E-state index contributed by atoms with van der Waals surface area (Å²) in [5, 5.41) is 0. The van der Waals surface area contributed by atoms with Crippen molar-refractivity contribution in [1.82, 2.24) is 14.8 Å². The second kappa shape index (κ2) is 5.32. The Morgan fingerprint density at radius 2 is 2.25 bits per heavy atom. The minimum absolute atomic E-state index is 0.0416. The van der Waals surface area contributed by atoms with Crippen molar-refractivity contribution in [2.45, 2.75) is 32.1 Å². The van der Waals surface area contributed by atoms with Crippen molar-refractivity contribution >= 4 is 5.71 Å². The molecule has 0 radical (unpaired) electrons. The molecule has 1 fully saturated rings. The maximum absolute atomic E-state index is 13.8. The van der Waals surface area contributed by atoms with Crippen LogP contribution < -0.4 is 0 Å². The van der Waals surface area contributed by atoms with Gasteiger partial charge in [0.1, 0.15) is 0 Å². The summed E-state index contributed by atoms with van der Waals surface area (Å²) in [7, 11) is 2.01. The molecule has 0 spiro atoms. The zero-order valence-corrected chi connectivity index (χ0v) is 11.8. The van der Waals surface area contributed by atoms with Crippen LogP contribution in [-0.4, -0.2) is 46.4 Å². The maximum Gasteiger partial charge on any atom is 0.178 e. The molecule has 4 nitrogen and oxygen atoms in total. The second-order valence-corrected chi connectivity index (χ2v) is 5.43. The van der Waals surface area contributed by atoms with Gasteiger partial charge in [-0.15, -0.1) is 0 Å². The van der Waals surface area contributed by atoms with Gasteiger partial charge in [-0.25, -0.2) is 9.38 Å². The lowest BCUT2D eigenvalue weighted by Crippen LogP contribution is -2.46. The average Bonchev–Trinajstić information content (AvgIpc) is 2.86. The standard InChI is InChI=1S/C15H19FN4/c1-11-4-3-8-20(11)15-18-14(6-9-19(15)2)12-5-7-17-10-13(12)16/h5-7,9-11,15H,3-4,8H2,1-2H3. The normalized spacial score (nSPS) is 26.9. The molecule has 0 N–H and O–H groups in total. The summed E-state index contributed by atoms with van der Waals surface area (Å²) in [5.74, 6) is -0.325. The van der Waals surface area contributed by atoms with Crippen LogP contribution in [0.3, 0.4) is 0 Å². The molecule has 2 aliphatic rings. The number of hydrogen-bond acceptors (Lipinski definition) is 4. The van der Waals surface area contributed by atoms with Crippen LogP contribution in [-0.2, 0) is 0 Å². The molecule has 0 bridgehead atoms. The lowest BCUT2D eigenvalue weighted by Gasteiger charge is -2.36. The first kappa shape index (κ1) is 13.2. The van der Waals surface area contributed by atoms with Crippen molar-refractivity contribution in [2.24, 2.45) is 4.99 Å². The lowest BCUT2D eigenvalue weighted by molar-refractivity contribution is 0.0926. The molecular weight excluding hydrogens is 255 g/mol. The molecule has 0 saturated carbocycles. The van der Waals surface area contributed by atoms with Crippen LogP contribution in [0.2, 0.25) is 0 Å². The zero-order chi connectivity index (χ0) is 14.1. The second-order valence-electron chi connectivity index (χ2n) is 5.43. The Kier molecular flexibility index (Phi) is 3.53. The van der Waals surface area contributed by atoms with Crippen molar-refractivity contribution in [2.75, 3.05) is 13.6 Å². The molecule has 20 heavy (non-hydrogen) atoms. The maximum atomic E-state index is 13.8. The third-order valence-corrected chi connectivity index (χ3v) is 4.04. The van der Waals surface area contributed by atoms with E-state index in [4.69, 9.17) is 4.99 Å². The fourth-order valence-corrected chi connectivity index (χ4v) is 2.87. The monoisotopic (exact) mass is 274 g/mol. The van der Waals surface area contributed by atoms with Gasteiger partial charge < -0.3 is 4.90 Å². The quantitative estimate of drug-likeness (QED) is 0.829. The van der Waals surface area contributed by atoms with E-state index in [2.05, 4.69) is 21.7 Å². The molecule has 106 valence electrons. The van der Waals surface area contributed by atoms with E-state index in [0.717, 1.165) is 6.54 Å². The first-order chi connectivity index (χ1) is 9.66. The van der Waals surface area contributed by atoms with Gasteiger partial charge in [0.25, 0.3) is 0 Å². The molecule has 1 aromatic heterocycles. The van der Waals surface area contributed by atoms with Gasteiger partial charge in [-0.05, 0) is 31.9 Å². The molecule has 5 heteroatoms. The Hall–Kier alpha value is -1.75. The highest BCUT2D eigenvalue weighted by Crippen LogP contribution is 2.24. The van der Waals surface area contributed by atoms with Gasteiger partial charge in [0.2, 0.25) is 0 Å². The van der Waals surface area contributed by atoms with Crippen LogP contribution in [0.5, 0.6) is 0 Å². The number of likely N-dealkylation sites (tertiary alicyclic amines) is 1. The van der Waals surface area contributed by atoms with Crippen molar-refractivity contribution in [1.29, 1.82) is 0 Å². The van der Waals surface area contributed by atoms with Gasteiger partial charge in [0.05, 0.1) is 11.9 Å². The predicted molar refractivity (Wildman–Crippen MR) is 76.8 cm³/mol. The Labute approximate surface area is 118 Å². The molecule has 0 aliphatic carbocycles. The highest BCUT2D eigenvalue weighted by Gasteiger charge is 2.31. The smallest absolute Gasteiger partial charge is 0.178 e. The summed E-state index contributed by atoms with van der Waals surface area (Å²) >= 11 is 0. The van der Waals surface area contributed by atoms with E-state index >= 15 is 0 Å². The van der Waals surface area contributed by atoms with Gasteiger partial charge in [-0.3, -0.25) is 9.88 Å². The van der Waals surface area contributed by atoms with E-state index in [1.54, 1.807) is 12.3 Å². The summed E-state index contributed by atoms with van der Waals surface area (Å²) in [6.07, 6.45) is 9.01. The first-order valence-electron chi connectivity index (χ1n) is 7.00. The van der Waals surface area contributed by atoms with Crippen molar-refractivity contribution in [3.8, 4) is 0 Å². The number of aromatic nitrogens is 1. The molecule has 2 unspecified atom stereocenters. The number of allylic oxidation sites excluding steroid dienone is 1. The molecule has 0 aromatic carbocycles. The summed E-state index contributed by atoms with van der Waals surface area (Å²) in [5.41, 5.74) is 1.20. The van der Waals surface area contributed by atoms with Gasteiger partial charge in [-0.2, -0.15) is 0 Å². The molecule has 1 aromatic rings. The van der Waals surface area contributed by atoms with E-state index < -0.39 is 0 Å². The van der Waals surface area contributed by atoms with E-state index in [1.807, 2.05) is 19.3 Å². The van der Waals surface area contributed by atoms with Gasteiger partial charge in [0.15, 0.2) is 12.1 Å². The van der Waals surface area contributed by atoms with Crippen LogP contribution in [0, 0.1) is 5.82 Å². The number of halogens is 1. The molecule has 3 heterocycles. The van der Waals surface area contributed by atoms with E-state index in [9.17, 15) is 4.39 Å². The summed E-state index contributed by atoms with van der Waals surface area (Å²) < 4.78 is 13.8.